The molecular formula is C16H11F5N4O. The highest BCUT2D eigenvalue weighted by Crippen LogP contribution is 2.28. The molecule has 0 fully saturated rings. The molecule has 0 spiro atoms. The molecule has 0 unspecified atom stereocenters. The fraction of sp³-hybridized carbons (Fsp3) is 0.125. The van der Waals surface area contributed by atoms with E-state index in [-0.39, 0.29) is 17.3 Å². The van der Waals surface area contributed by atoms with Crippen molar-refractivity contribution in [3.05, 3.63) is 59.9 Å². The van der Waals surface area contributed by atoms with Crippen LogP contribution in [0.25, 0.3) is 5.69 Å². The number of aryl methyl sites for hydroxylation is 1. The normalized spacial score (nSPS) is 11.5. The zero-order valence-electron chi connectivity index (χ0n) is 13.2. The van der Waals surface area contributed by atoms with Crippen LogP contribution in [0.4, 0.5) is 33.6 Å². The van der Waals surface area contributed by atoms with Crippen molar-refractivity contribution in [2.24, 2.45) is 0 Å². The second-order valence-corrected chi connectivity index (χ2v) is 5.29. The minimum absolute atomic E-state index is 0.0296. The van der Waals surface area contributed by atoms with Crippen molar-refractivity contribution in [3.8, 4) is 11.4 Å². The Kier molecular flexibility index (Phi) is 4.49. The minimum atomic E-state index is -4.81. The Morgan fingerprint density at radius 1 is 1.04 bits per heavy atom. The van der Waals surface area contributed by atoms with Gasteiger partial charge in [0.05, 0.1) is 5.69 Å². The van der Waals surface area contributed by atoms with E-state index in [2.05, 4.69) is 20.1 Å². The fourth-order valence-corrected chi connectivity index (χ4v) is 2.17. The molecule has 3 aromatic rings. The van der Waals surface area contributed by atoms with Gasteiger partial charge in [0, 0.05) is 17.8 Å². The number of ether oxygens (including phenoxy) is 1. The topological polar surface area (TPSA) is 52.0 Å². The number of rotatable bonds is 4. The quantitative estimate of drug-likeness (QED) is 0.688. The largest absolute Gasteiger partial charge is 0.573 e. The first-order valence-electron chi connectivity index (χ1n) is 7.21. The van der Waals surface area contributed by atoms with Gasteiger partial charge in [0.2, 0.25) is 5.95 Å². The van der Waals surface area contributed by atoms with Crippen LogP contribution < -0.4 is 10.1 Å². The maximum atomic E-state index is 13.3. The average molecular weight is 370 g/mol. The maximum absolute atomic E-state index is 13.3. The van der Waals surface area contributed by atoms with Gasteiger partial charge in [0.1, 0.15) is 23.7 Å². The van der Waals surface area contributed by atoms with E-state index in [1.807, 2.05) is 0 Å². The van der Waals surface area contributed by atoms with Gasteiger partial charge in [-0.25, -0.2) is 13.5 Å². The minimum Gasteiger partial charge on any atom is -0.406 e. The number of nitrogens with zero attached hydrogens (tertiary/aromatic N) is 3. The Morgan fingerprint density at radius 2 is 1.73 bits per heavy atom. The monoisotopic (exact) mass is 370 g/mol. The summed E-state index contributed by atoms with van der Waals surface area (Å²) in [5.41, 5.74) is 1.01. The highest BCUT2D eigenvalue weighted by Gasteiger charge is 2.31. The lowest BCUT2D eigenvalue weighted by Crippen LogP contribution is -2.17. The van der Waals surface area contributed by atoms with Crippen LogP contribution in [0.15, 0.2) is 42.7 Å². The van der Waals surface area contributed by atoms with Gasteiger partial charge in [-0.2, -0.15) is 4.98 Å². The molecule has 0 radical (unpaired) electrons. The van der Waals surface area contributed by atoms with Crippen LogP contribution in [0, 0.1) is 18.6 Å². The summed E-state index contributed by atoms with van der Waals surface area (Å²) in [5, 5.41) is 6.74. The van der Waals surface area contributed by atoms with Gasteiger partial charge in [-0.1, -0.05) is 6.07 Å². The molecule has 0 saturated heterocycles. The predicted molar refractivity (Wildman–Crippen MR) is 82.4 cm³/mol. The van der Waals surface area contributed by atoms with E-state index in [0.717, 1.165) is 28.9 Å². The molecule has 136 valence electrons. The third kappa shape index (κ3) is 4.26. The average Bonchev–Trinajstić information content (AvgIpc) is 2.97. The number of hydrogen-bond acceptors (Lipinski definition) is 4. The van der Waals surface area contributed by atoms with E-state index in [1.165, 1.54) is 18.5 Å². The summed E-state index contributed by atoms with van der Waals surface area (Å²) in [7, 11) is 0. The molecular weight excluding hydrogens is 359 g/mol. The number of anilines is 2. The number of alkyl halides is 3. The second-order valence-electron chi connectivity index (χ2n) is 5.29. The molecule has 1 N–H and O–H groups in total. The molecule has 0 aliphatic heterocycles. The summed E-state index contributed by atoms with van der Waals surface area (Å²) in [4.78, 5) is 3.93. The lowest BCUT2D eigenvalue weighted by Gasteiger charge is -2.12. The summed E-state index contributed by atoms with van der Waals surface area (Å²) in [5.74, 6) is -1.94. The summed E-state index contributed by atoms with van der Waals surface area (Å²) in [6, 6.07) is 6.59. The molecule has 1 aromatic heterocycles. The van der Waals surface area contributed by atoms with Crippen molar-refractivity contribution < 1.29 is 26.7 Å². The lowest BCUT2D eigenvalue weighted by atomic mass is 10.2. The van der Waals surface area contributed by atoms with E-state index < -0.39 is 23.7 Å². The van der Waals surface area contributed by atoms with Gasteiger partial charge in [-0.3, -0.25) is 0 Å². The van der Waals surface area contributed by atoms with Crippen molar-refractivity contribution in [2.75, 3.05) is 5.32 Å². The molecule has 0 atom stereocenters. The second kappa shape index (κ2) is 6.62. The van der Waals surface area contributed by atoms with E-state index >= 15 is 0 Å². The third-order valence-corrected chi connectivity index (χ3v) is 3.29. The summed E-state index contributed by atoms with van der Waals surface area (Å²) < 4.78 is 68.5. The molecule has 0 aliphatic carbocycles. The lowest BCUT2D eigenvalue weighted by molar-refractivity contribution is -0.274. The van der Waals surface area contributed by atoms with Gasteiger partial charge < -0.3 is 10.1 Å². The van der Waals surface area contributed by atoms with Crippen molar-refractivity contribution in [2.45, 2.75) is 13.3 Å². The molecule has 5 nitrogen and oxygen atoms in total. The van der Waals surface area contributed by atoms with Crippen LogP contribution in [0.5, 0.6) is 5.75 Å². The molecule has 10 heteroatoms. The van der Waals surface area contributed by atoms with Crippen molar-refractivity contribution in [1.82, 2.24) is 14.8 Å². The number of hydrogen-bond donors (Lipinski definition) is 1. The standard InChI is InChI=1S/C16H11F5N4O/c1-9-2-3-13(26-16(19,20)21)7-14(9)23-15-22-8-25(24-15)12-5-10(17)4-11(18)6-12/h2-8H,1H3,(H,23,24). The summed E-state index contributed by atoms with van der Waals surface area (Å²) in [6.07, 6.45) is -3.60. The first kappa shape index (κ1) is 17.6. The third-order valence-electron chi connectivity index (χ3n) is 3.29. The number of aromatic nitrogens is 3. The summed E-state index contributed by atoms with van der Waals surface area (Å²) in [6.45, 7) is 1.67. The van der Waals surface area contributed by atoms with Crippen LogP contribution in [0.3, 0.4) is 0 Å². The Bertz CT molecular complexity index is 918. The van der Waals surface area contributed by atoms with Gasteiger partial charge in [0.25, 0.3) is 0 Å². The van der Waals surface area contributed by atoms with Crippen LogP contribution in [0.1, 0.15) is 5.56 Å². The van der Waals surface area contributed by atoms with Crippen LogP contribution >= 0.6 is 0 Å². The Hall–Kier alpha value is -3.17. The zero-order valence-corrected chi connectivity index (χ0v) is 13.2. The molecule has 0 aliphatic rings. The Balaban J connectivity index is 1.84. The van der Waals surface area contributed by atoms with Crippen LogP contribution in [0.2, 0.25) is 0 Å². The van der Waals surface area contributed by atoms with Crippen LogP contribution in [-0.2, 0) is 0 Å². The molecule has 26 heavy (non-hydrogen) atoms. The van der Waals surface area contributed by atoms with Gasteiger partial charge in [-0.05, 0) is 30.7 Å². The SMILES string of the molecule is Cc1ccc(OC(F)(F)F)cc1Nc1ncn(-c2cc(F)cc(F)c2)n1. The molecule has 3 rings (SSSR count). The Morgan fingerprint density at radius 3 is 2.38 bits per heavy atom. The van der Waals surface area contributed by atoms with E-state index in [9.17, 15) is 22.0 Å². The first-order chi connectivity index (χ1) is 12.2. The maximum Gasteiger partial charge on any atom is 0.573 e. The fourth-order valence-electron chi connectivity index (χ4n) is 2.17. The molecule has 0 amide bonds. The van der Waals surface area contributed by atoms with Gasteiger partial charge in [0.15, 0.2) is 0 Å². The Labute approximate surface area is 144 Å². The van der Waals surface area contributed by atoms with E-state index in [1.54, 1.807) is 6.92 Å². The number of nitrogens with one attached hydrogen (secondary N) is 1. The molecule has 0 bridgehead atoms. The van der Waals surface area contributed by atoms with E-state index in [4.69, 9.17) is 0 Å². The first-order valence-corrected chi connectivity index (χ1v) is 7.21. The van der Waals surface area contributed by atoms with Crippen LogP contribution in [-0.4, -0.2) is 21.1 Å². The smallest absolute Gasteiger partial charge is 0.406 e. The molecule has 1 heterocycles. The predicted octanol–water partition coefficient (Wildman–Crippen LogP) is 4.50. The van der Waals surface area contributed by atoms with Crippen molar-refractivity contribution in [1.29, 1.82) is 0 Å². The van der Waals surface area contributed by atoms with Crippen molar-refractivity contribution >= 4 is 11.6 Å². The van der Waals surface area contributed by atoms with Gasteiger partial charge in [-0.15, -0.1) is 18.3 Å². The molecule has 0 saturated carbocycles. The van der Waals surface area contributed by atoms with Crippen molar-refractivity contribution in [3.63, 3.8) is 0 Å². The number of benzene rings is 2. The van der Waals surface area contributed by atoms with E-state index in [0.29, 0.717) is 5.56 Å². The van der Waals surface area contributed by atoms with Gasteiger partial charge >= 0.3 is 6.36 Å². The summed E-state index contributed by atoms with van der Waals surface area (Å²) >= 11 is 0. The number of halogens is 5. The highest BCUT2D eigenvalue weighted by atomic mass is 19.4. The zero-order chi connectivity index (χ0) is 18.9. The highest BCUT2D eigenvalue weighted by molar-refractivity contribution is 5.60. The molecule has 2 aromatic carbocycles.